The van der Waals surface area contributed by atoms with Crippen LogP contribution < -0.4 is 5.43 Å². The highest BCUT2D eigenvalue weighted by molar-refractivity contribution is 5.57. The average molecular weight is 182 g/mol. The second kappa shape index (κ2) is 4.20. The molecule has 0 bridgehead atoms. The zero-order valence-electron chi connectivity index (χ0n) is 8.04. The maximum absolute atomic E-state index is 10.5. The fourth-order valence-electron chi connectivity index (χ4n) is 2.40. The van der Waals surface area contributed by atoms with Gasteiger partial charge >= 0.3 is 0 Å². The van der Waals surface area contributed by atoms with Crippen molar-refractivity contribution in [2.45, 2.75) is 50.6 Å². The number of hydrazine groups is 1. The Hall–Kier alpha value is -0.410. The number of carbonyl (C=O) groups is 1. The third-order valence-corrected chi connectivity index (χ3v) is 3.19. The van der Waals surface area contributed by atoms with Gasteiger partial charge in [0.25, 0.3) is 0 Å². The van der Waals surface area contributed by atoms with Gasteiger partial charge in [-0.25, -0.2) is 10.4 Å². The first kappa shape index (κ1) is 9.16. The van der Waals surface area contributed by atoms with Gasteiger partial charge in [0.15, 0.2) is 0 Å². The van der Waals surface area contributed by atoms with Crippen molar-refractivity contribution in [3.05, 3.63) is 0 Å². The van der Waals surface area contributed by atoms with E-state index in [0.29, 0.717) is 6.04 Å². The van der Waals surface area contributed by atoms with Crippen LogP contribution >= 0.6 is 0 Å². The van der Waals surface area contributed by atoms with Crippen LogP contribution in [-0.2, 0) is 4.79 Å². The Bertz CT molecular complexity index is 178. The van der Waals surface area contributed by atoms with Crippen LogP contribution in [0.15, 0.2) is 0 Å². The van der Waals surface area contributed by atoms with E-state index >= 15 is 0 Å². The van der Waals surface area contributed by atoms with E-state index in [2.05, 4.69) is 10.4 Å². The van der Waals surface area contributed by atoms with Crippen molar-refractivity contribution in [2.24, 2.45) is 0 Å². The average Bonchev–Trinajstić information content (AvgIpc) is 2.67. The molecule has 0 aromatic carbocycles. The largest absolute Gasteiger partial charge is 0.302 e. The van der Waals surface area contributed by atoms with E-state index in [-0.39, 0.29) is 6.04 Å². The van der Waals surface area contributed by atoms with Crippen LogP contribution in [0, 0.1) is 0 Å². The highest BCUT2D eigenvalue weighted by atomic mass is 16.1. The van der Waals surface area contributed by atoms with E-state index in [9.17, 15) is 4.79 Å². The fraction of sp³-hybridized carbons (Fsp3) is 0.900. The van der Waals surface area contributed by atoms with E-state index in [4.69, 9.17) is 0 Å². The maximum Gasteiger partial charge on any atom is 0.138 e. The van der Waals surface area contributed by atoms with Crippen molar-refractivity contribution in [1.82, 2.24) is 10.4 Å². The third kappa shape index (κ3) is 2.09. The molecule has 2 fully saturated rings. The molecule has 1 N–H and O–H groups in total. The molecule has 74 valence electrons. The lowest BCUT2D eigenvalue weighted by atomic mass is 9.95. The molecule has 13 heavy (non-hydrogen) atoms. The van der Waals surface area contributed by atoms with Gasteiger partial charge in [-0.1, -0.05) is 19.3 Å². The van der Waals surface area contributed by atoms with Gasteiger partial charge in [0.05, 0.1) is 6.04 Å². The normalized spacial score (nSPS) is 32.2. The monoisotopic (exact) mass is 182 g/mol. The molecule has 0 amide bonds. The summed E-state index contributed by atoms with van der Waals surface area (Å²) in [5.41, 5.74) is 3.28. The van der Waals surface area contributed by atoms with E-state index in [1.807, 2.05) is 0 Å². The fourth-order valence-corrected chi connectivity index (χ4v) is 2.40. The summed E-state index contributed by atoms with van der Waals surface area (Å²) in [5, 5.41) is 2.29. The number of carbonyl (C=O) groups excluding carboxylic acids is 1. The highest BCUT2D eigenvalue weighted by Crippen LogP contribution is 2.23. The molecule has 0 spiro atoms. The Balaban J connectivity index is 1.83. The van der Waals surface area contributed by atoms with Gasteiger partial charge < -0.3 is 4.79 Å². The lowest BCUT2D eigenvalue weighted by Crippen LogP contribution is -2.44. The molecule has 1 saturated heterocycles. The summed E-state index contributed by atoms with van der Waals surface area (Å²) in [6.07, 6.45) is 8.73. The zero-order valence-corrected chi connectivity index (χ0v) is 8.04. The number of hydrogen-bond acceptors (Lipinski definition) is 3. The van der Waals surface area contributed by atoms with E-state index in [1.54, 1.807) is 0 Å². The summed E-state index contributed by atoms with van der Waals surface area (Å²) < 4.78 is 0. The lowest BCUT2D eigenvalue weighted by molar-refractivity contribution is -0.109. The van der Waals surface area contributed by atoms with Crippen molar-refractivity contribution >= 4 is 6.29 Å². The summed E-state index contributed by atoms with van der Waals surface area (Å²) >= 11 is 0. The minimum Gasteiger partial charge on any atom is -0.302 e. The number of hydrogen-bond donors (Lipinski definition) is 1. The smallest absolute Gasteiger partial charge is 0.138 e. The van der Waals surface area contributed by atoms with Gasteiger partial charge in [-0.15, -0.1) is 0 Å². The van der Waals surface area contributed by atoms with Gasteiger partial charge in [-0.2, -0.15) is 0 Å². The van der Waals surface area contributed by atoms with Crippen LogP contribution in [0.25, 0.3) is 0 Å². The third-order valence-electron chi connectivity index (χ3n) is 3.19. The van der Waals surface area contributed by atoms with Crippen LogP contribution in [0.3, 0.4) is 0 Å². The summed E-state index contributed by atoms with van der Waals surface area (Å²) in [4.78, 5) is 10.5. The Morgan fingerprint density at radius 3 is 2.54 bits per heavy atom. The van der Waals surface area contributed by atoms with Crippen molar-refractivity contribution in [3.63, 3.8) is 0 Å². The minimum absolute atomic E-state index is 0.0851. The first-order valence-corrected chi connectivity index (χ1v) is 5.38. The van der Waals surface area contributed by atoms with Crippen molar-refractivity contribution in [1.29, 1.82) is 0 Å². The second-order valence-corrected chi connectivity index (χ2v) is 4.15. The highest BCUT2D eigenvalue weighted by Gasteiger charge is 2.27. The van der Waals surface area contributed by atoms with Crippen LogP contribution in [0.2, 0.25) is 0 Å². The van der Waals surface area contributed by atoms with Gasteiger partial charge in [-0.05, 0) is 19.3 Å². The maximum atomic E-state index is 10.5. The molecule has 2 rings (SSSR count). The molecule has 3 nitrogen and oxygen atoms in total. The molecule has 0 aromatic rings. The minimum atomic E-state index is 0.0851. The van der Waals surface area contributed by atoms with Crippen LogP contribution in [0.4, 0.5) is 0 Å². The molecule has 0 aromatic heterocycles. The first-order chi connectivity index (χ1) is 6.40. The molecule has 3 heteroatoms. The molecule has 0 radical (unpaired) electrons. The molecular weight excluding hydrogens is 164 g/mol. The van der Waals surface area contributed by atoms with E-state index in [1.165, 1.54) is 32.1 Å². The number of aldehydes is 1. The number of rotatable bonds is 2. The number of nitrogens with zero attached hydrogens (tertiary/aromatic N) is 1. The SMILES string of the molecule is O=CC1CCN(C2CCCCC2)N1. The topological polar surface area (TPSA) is 32.3 Å². The molecule has 1 aliphatic carbocycles. The van der Waals surface area contributed by atoms with E-state index in [0.717, 1.165) is 19.3 Å². The standard InChI is InChI=1S/C10H18N2O/c13-8-9-6-7-12(11-9)10-4-2-1-3-5-10/h8-11H,1-7H2. The summed E-state index contributed by atoms with van der Waals surface area (Å²) in [5.74, 6) is 0. The molecule has 2 aliphatic rings. The van der Waals surface area contributed by atoms with Crippen molar-refractivity contribution in [2.75, 3.05) is 6.54 Å². The second-order valence-electron chi connectivity index (χ2n) is 4.15. The van der Waals surface area contributed by atoms with Gasteiger partial charge in [-0.3, -0.25) is 0 Å². The Labute approximate surface area is 79.5 Å². The van der Waals surface area contributed by atoms with Crippen LogP contribution in [0.1, 0.15) is 38.5 Å². The van der Waals surface area contributed by atoms with Gasteiger partial charge in [0, 0.05) is 12.6 Å². The summed E-state index contributed by atoms with van der Waals surface area (Å²) in [6, 6.07) is 0.778. The van der Waals surface area contributed by atoms with Crippen LogP contribution in [-0.4, -0.2) is 29.9 Å². The zero-order chi connectivity index (χ0) is 9.10. The molecule has 1 atom stereocenters. The predicted molar refractivity (Wildman–Crippen MR) is 51.2 cm³/mol. The van der Waals surface area contributed by atoms with Gasteiger partial charge in [0.2, 0.25) is 0 Å². The Morgan fingerprint density at radius 1 is 1.15 bits per heavy atom. The van der Waals surface area contributed by atoms with Crippen molar-refractivity contribution < 1.29 is 4.79 Å². The summed E-state index contributed by atoms with van der Waals surface area (Å²) in [7, 11) is 0. The predicted octanol–water partition coefficient (Wildman–Crippen LogP) is 1.10. The first-order valence-electron chi connectivity index (χ1n) is 5.38. The van der Waals surface area contributed by atoms with Gasteiger partial charge in [0.1, 0.15) is 6.29 Å². The Kier molecular flexibility index (Phi) is 2.96. The Morgan fingerprint density at radius 2 is 1.92 bits per heavy atom. The quantitative estimate of drug-likeness (QED) is 0.649. The summed E-state index contributed by atoms with van der Waals surface area (Å²) in [6.45, 7) is 1.05. The number of nitrogens with one attached hydrogen (secondary N) is 1. The van der Waals surface area contributed by atoms with Crippen LogP contribution in [0.5, 0.6) is 0 Å². The molecule has 1 aliphatic heterocycles. The molecule has 1 saturated carbocycles. The molecule has 1 unspecified atom stereocenters. The van der Waals surface area contributed by atoms with Crippen molar-refractivity contribution in [3.8, 4) is 0 Å². The van der Waals surface area contributed by atoms with E-state index < -0.39 is 0 Å². The molecular formula is C10H18N2O. The lowest BCUT2D eigenvalue weighted by Gasteiger charge is -2.30. The molecule has 1 heterocycles.